The third-order valence-corrected chi connectivity index (χ3v) is 3.31. The Bertz CT molecular complexity index is 701. The minimum Gasteiger partial charge on any atom is -0.497 e. The van der Waals surface area contributed by atoms with Crippen molar-refractivity contribution in [3.63, 3.8) is 0 Å². The highest BCUT2D eigenvalue weighted by Gasteiger charge is 2.07. The van der Waals surface area contributed by atoms with Gasteiger partial charge in [-0.2, -0.15) is 0 Å². The lowest BCUT2D eigenvalue weighted by Gasteiger charge is -2.12. The van der Waals surface area contributed by atoms with Crippen molar-refractivity contribution in [3.8, 4) is 11.5 Å². The number of carbonyl (C=O) groups is 1. The second-order valence-corrected chi connectivity index (χ2v) is 4.87. The summed E-state index contributed by atoms with van der Waals surface area (Å²) in [5.74, 6) is 1.02. The monoisotopic (exact) mass is 328 g/mol. The Morgan fingerprint density at radius 1 is 1.25 bits per heavy atom. The molecule has 0 atom stereocenters. The fraction of sp³-hybridized carbons (Fsp3) is 0.222. The normalized spacial score (nSPS) is 10.6. The molecule has 1 heterocycles. The average molecular weight is 328 g/mol. The van der Waals surface area contributed by atoms with Gasteiger partial charge in [-0.15, -0.1) is 0 Å². The summed E-state index contributed by atoms with van der Waals surface area (Å²) in [5.41, 5.74) is 1.54. The molecule has 0 aliphatic heterocycles. The lowest BCUT2D eigenvalue weighted by Crippen LogP contribution is -2.22. The van der Waals surface area contributed by atoms with Gasteiger partial charge in [0.25, 0.3) is 5.91 Å². The number of carbonyl (C=O) groups excluding carboxylic acids is 1. The van der Waals surface area contributed by atoms with Gasteiger partial charge in [0.15, 0.2) is 0 Å². The zero-order valence-electron chi connectivity index (χ0n) is 13.9. The molecule has 2 rings (SSSR count). The van der Waals surface area contributed by atoms with Crippen LogP contribution in [0.25, 0.3) is 6.08 Å². The van der Waals surface area contributed by atoms with Gasteiger partial charge in [0.2, 0.25) is 0 Å². The maximum atomic E-state index is 11.8. The highest BCUT2D eigenvalue weighted by atomic mass is 16.7. The van der Waals surface area contributed by atoms with Gasteiger partial charge >= 0.3 is 0 Å². The molecular weight excluding hydrogens is 308 g/mol. The van der Waals surface area contributed by atoms with E-state index in [0.717, 1.165) is 16.3 Å². The van der Waals surface area contributed by atoms with E-state index in [1.54, 1.807) is 37.6 Å². The fourth-order valence-corrected chi connectivity index (χ4v) is 1.91. The number of methoxy groups -OCH3 is 1. The number of ether oxygens (including phenoxy) is 2. The third kappa shape index (κ3) is 4.82. The van der Waals surface area contributed by atoms with Crippen LogP contribution in [-0.4, -0.2) is 37.2 Å². The molecule has 0 bridgehead atoms. The molecule has 0 radical (unpaired) electrons. The second kappa shape index (κ2) is 8.69. The molecule has 6 heteroatoms. The van der Waals surface area contributed by atoms with Crippen LogP contribution in [0.15, 0.2) is 48.7 Å². The average Bonchev–Trinajstić information content (AvgIpc) is 2.64. The van der Waals surface area contributed by atoms with Crippen molar-refractivity contribution in [2.45, 2.75) is 6.61 Å². The highest BCUT2D eigenvalue weighted by molar-refractivity contribution is 5.91. The molecule has 1 amide bonds. The second-order valence-electron chi connectivity index (χ2n) is 4.87. The third-order valence-electron chi connectivity index (χ3n) is 3.31. The smallest absolute Gasteiger partial charge is 0.269 e. The van der Waals surface area contributed by atoms with Crippen LogP contribution in [0.4, 0.5) is 0 Å². The summed E-state index contributed by atoms with van der Waals surface area (Å²) in [6.07, 6.45) is 4.78. The summed E-state index contributed by atoms with van der Waals surface area (Å²) in [6.45, 7) is 0.333. The first-order valence-electron chi connectivity index (χ1n) is 7.34. The van der Waals surface area contributed by atoms with E-state index < -0.39 is 0 Å². The molecule has 0 saturated heterocycles. The van der Waals surface area contributed by atoms with E-state index in [9.17, 15) is 4.79 Å². The van der Waals surface area contributed by atoms with Crippen molar-refractivity contribution in [2.75, 3.05) is 21.3 Å². The Morgan fingerprint density at radius 3 is 2.75 bits per heavy atom. The van der Waals surface area contributed by atoms with Crippen LogP contribution in [0.2, 0.25) is 0 Å². The molecular formula is C18H20N2O4. The SMILES string of the molecule is COc1ccc(OCc2ccccn2)c(/C=C\C(=O)N(C)OC)c1. The summed E-state index contributed by atoms with van der Waals surface area (Å²) in [5, 5.41) is 1.13. The summed E-state index contributed by atoms with van der Waals surface area (Å²) in [4.78, 5) is 20.9. The number of pyridine rings is 1. The number of rotatable bonds is 7. The van der Waals surface area contributed by atoms with Crippen LogP contribution in [-0.2, 0) is 16.2 Å². The number of hydroxylamine groups is 2. The van der Waals surface area contributed by atoms with Gasteiger partial charge in [-0.1, -0.05) is 6.07 Å². The Hall–Kier alpha value is -2.86. The van der Waals surface area contributed by atoms with Crippen LogP contribution < -0.4 is 9.47 Å². The van der Waals surface area contributed by atoms with E-state index in [0.29, 0.717) is 18.1 Å². The molecule has 0 N–H and O–H groups in total. The molecule has 0 fully saturated rings. The number of amides is 1. The highest BCUT2D eigenvalue weighted by Crippen LogP contribution is 2.26. The Labute approximate surface area is 141 Å². The summed E-state index contributed by atoms with van der Waals surface area (Å²) < 4.78 is 11.0. The Balaban J connectivity index is 2.18. The first kappa shape index (κ1) is 17.5. The molecule has 126 valence electrons. The first-order chi connectivity index (χ1) is 11.6. The number of hydrogen-bond donors (Lipinski definition) is 0. The quantitative estimate of drug-likeness (QED) is 0.578. The maximum absolute atomic E-state index is 11.8. The van der Waals surface area contributed by atoms with E-state index in [4.69, 9.17) is 14.3 Å². The van der Waals surface area contributed by atoms with E-state index >= 15 is 0 Å². The molecule has 2 aromatic rings. The number of nitrogens with zero attached hydrogens (tertiary/aromatic N) is 2. The van der Waals surface area contributed by atoms with Crippen molar-refractivity contribution in [1.82, 2.24) is 10.0 Å². The number of benzene rings is 1. The first-order valence-corrected chi connectivity index (χ1v) is 7.34. The van der Waals surface area contributed by atoms with Crippen molar-refractivity contribution in [2.24, 2.45) is 0 Å². The zero-order valence-corrected chi connectivity index (χ0v) is 13.9. The molecule has 0 unspecified atom stereocenters. The summed E-state index contributed by atoms with van der Waals surface area (Å²) in [6, 6.07) is 11.0. The minimum atomic E-state index is -0.281. The van der Waals surface area contributed by atoms with Crippen molar-refractivity contribution in [1.29, 1.82) is 0 Å². The van der Waals surface area contributed by atoms with E-state index in [2.05, 4.69) is 4.98 Å². The number of aromatic nitrogens is 1. The van der Waals surface area contributed by atoms with Crippen LogP contribution in [0.3, 0.4) is 0 Å². The van der Waals surface area contributed by atoms with E-state index in [1.165, 1.54) is 20.2 Å². The zero-order chi connectivity index (χ0) is 17.4. The molecule has 6 nitrogen and oxygen atoms in total. The van der Waals surface area contributed by atoms with E-state index in [-0.39, 0.29) is 5.91 Å². The van der Waals surface area contributed by atoms with Gasteiger partial charge < -0.3 is 9.47 Å². The molecule has 1 aromatic heterocycles. The van der Waals surface area contributed by atoms with Crippen LogP contribution in [0, 0.1) is 0 Å². The predicted molar refractivity (Wildman–Crippen MR) is 90.4 cm³/mol. The molecule has 1 aromatic carbocycles. The summed E-state index contributed by atoms with van der Waals surface area (Å²) >= 11 is 0. The molecule has 0 saturated carbocycles. The molecule has 0 aliphatic rings. The lowest BCUT2D eigenvalue weighted by atomic mass is 10.1. The van der Waals surface area contributed by atoms with Gasteiger partial charge in [-0.25, -0.2) is 5.06 Å². The Kier molecular flexibility index (Phi) is 6.33. The van der Waals surface area contributed by atoms with Gasteiger partial charge in [-0.3, -0.25) is 14.6 Å². The summed E-state index contributed by atoms with van der Waals surface area (Å²) in [7, 11) is 4.55. The van der Waals surface area contributed by atoms with Crippen molar-refractivity contribution < 1.29 is 19.1 Å². The minimum absolute atomic E-state index is 0.281. The van der Waals surface area contributed by atoms with Crippen LogP contribution >= 0.6 is 0 Å². The predicted octanol–water partition coefficient (Wildman–Crippen LogP) is 2.70. The molecule has 0 aliphatic carbocycles. The maximum Gasteiger partial charge on any atom is 0.269 e. The molecule has 24 heavy (non-hydrogen) atoms. The molecule has 0 spiro atoms. The fourth-order valence-electron chi connectivity index (χ4n) is 1.91. The number of likely N-dealkylation sites (N-methyl/N-ethyl adjacent to an activating group) is 1. The topological polar surface area (TPSA) is 60.9 Å². The van der Waals surface area contributed by atoms with Gasteiger partial charge in [0.1, 0.15) is 18.1 Å². The van der Waals surface area contributed by atoms with Crippen molar-refractivity contribution in [3.05, 3.63) is 59.9 Å². The van der Waals surface area contributed by atoms with E-state index in [1.807, 2.05) is 18.2 Å². The lowest BCUT2D eigenvalue weighted by molar-refractivity contribution is -0.162. The van der Waals surface area contributed by atoms with Gasteiger partial charge in [0.05, 0.1) is 19.9 Å². The van der Waals surface area contributed by atoms with Crippen molar-refractivity contribution >= 4 is 12.0 Å². The Morgan fingerprint density at radius 2 is 2.08 bits per heavy atom. The van der Waals surface area contributed by atoms with Crippen LogP contribution in [0.1, 0.15) is 11.3 Å². The number of hydrogen-bond acceptors (Lipinski definition) is 5. The van der Waals surface area contributed by atoms with Gasteiger partial charge in [0, 0.05) is 24.9 Å². The largest absolute Gasteiger partial charge is 0.497 e. The standard InChI is InChI=1S/C18H20N2O4/c1-20(23-3)18(21)10-7-14-12-16(22-2)8-9-17(14)24-13-15-6-4-5-11-19-15/h4-12H,13H2,1-3H3/b10-7-. The van der Waals surface area contributed by atoms with Gasteiger partial charge in [-0.05, 0) is 36.4 Å². The van der Waals surface area contributed by atoms with Crippen LogP contribution in [0.5, 0.6) is 11.5 Å².